The predicted octanol–water partition coefficient (Wildman–Crippen LogP) is 0.565. The summed E-state index contributed by atoms with van der Waals surface area (Å²) in [7, 11) is 0. The molecule has 8 nitrogen and oxygen atoms in total. The molecule has 31 heavy (non-hydrogen) atoms. The van der Waals surface area contributed by atoms with Crippen molar-refractivity contribution in [1.29, 1.82) is 0 Å². The summed E-state index contributed by atoms with van der Waals surface area (Å²) in [6, 6.07) is -0.861. The Labute approximate surface area is 183 Å². The molecule has 1 unspecified atom stereocenters. The first-order valence-corrected chi connectivity index (χ1v) is 11.4. The van der Waals surface area contributed by atoms with Crippen molar-refractivity contribution in [3.8, 4) is 0 Å². The van der Waals surface area contributed by atoms with Crippen LogP contribution in [-0.2, 0) is 19.1 Å². The highest BCUT2D eigenvalue weighted by Crippen LogP contribution is 2.53. The SMILES string of the molecule is CCCN1CC=C[C@@H]2O[C@]34C=CCN(C(C)C)C(=O)C3N(CCCO)C(=O)[C@@H]4[C@@H]2C1=O. The smallest absolute Gasteiger partial charge is 0.249 e. The van der Waals surface area contributed by atoms with Crippen molar-refractivity contribution in [2.24, 2.45) is 11.8 Å². The van der Waals surface area contributed by atoms with E-state index >= 15 is 0 Å². The third-order valence-electron chi connectivity index (χ3n) is 6.95. The number of ether oxygens (including phenoxy) is 1. The van der Waals surface area contributed by atoms with E-state index in [1.165, 1.54) is 0 Å². The van der Waals surface area contributed by atoms with E-state index in [4.69, 9.17) is 4.74 Å². The Kier molecular flexibility index (Phi) is 5.96. The fourth-order valence-electron chi connectivity index (χ4n) is 5.62. The first-order chi connectivity index (χ1) is 14.9. The molecule has 0 aliphatic carbocycles. The second-order valence-electron chi connectivity index (χ2n) is 9.15. The van der Waals surface area contributed by atoms with Gasteiger partial charge in [-0.1, -0.05) is 31.2 Å². The predicted molar refractivity (Wildman–Crippen MR) is 114 cm³/mol. The van der Waals surface area contributed by atoms with Crippen molar-refractivity contribution in [1.82, 2.24) is 14.7 Å². The van der Waals surface area contributed by atoms with Crippen molar-refractivity contribution in [3.05, 3.63) is 24.3 Å². The second kappa shape index (κ2) is 8.39. The number of amides is 3. The van der Waals surface area contributed by atoms with Crippen molar-refractivity contribution in [2.75, 3.05) is 32.8 Å². The molecule has 0 aromatic rings. The van der Waals surface area contributed by atoms with Gasteiger partial charge in [0.05, 0.1) is 17.9 Å². The number of rotatable bonds is 6. The number of fused-ring (bicyclic) bond motifs is 2. The number of likely N-dealkylation sites (tertiary alicyclic amines) is 1. The molecule has 0 saturated carbocycles. The highest BCUT2D eigenvalue weighted by Gasteiger charge is 2.71. The number of aliphatic hydroxyl groups is 1. The van der Waals surface area contributed by atoms with Gasteiger partial charge in [0, 0.05) is 38.8 Å². The third kappa shape index (κ3) is 3.31. The summed E-state index contributed by atoms with van der Waals surface area (Å²) in [5.41, 5.74) is -1.17. The number of hydrogen-bond acceptors (Lipinski definition) is 5. The van der Waals surface area contributed by atoms with E-state index in [0.29, 0.717) is 26.1 Å². The molecule has 0 radical (unpaired) electrons. The van der Waals surface area contributed by atoms with Crippen LogP contribution in [0.4, 0.5) is 0 Å². The number of carbonyl (C=O) groups excluding carboxylic acids is 3. The highest BCUT2D eigenvalue weighted by molar-refractivity contribution is 5.99. The van der Waals surface area contributed by atoms with Crippen LogP contribution in [-0.4, -0.2) is 94.1 Å². The van der Waals surface area contributed by atoms with Crippen LogP contribution in [0.1, 0.15) is 33.6 Å². The maximum atomic E-state index is 13.7. The third-order valence-corrected chi connectivity index (χ3v) is 6.95. The maximum Gasteiger partial charge on any atom is 0.249 e. The zero-order valence-corrected chi connectivity index (χ0v) is 18.6. The lowest BCUT2D eigenvalue weighted by Crippen LogP contribution is -2.56. The van der Waals surface area contributed by atoms with Crippen molar-refractivity contribution in [3.63, 3.8) is 0 Å². The normalized spacial score (nSPS) is 34.9. The molecule has 3 amide bonds. The Morgan fingerprint density at radius 3 is 2.58 bits per heavy atom. The molecule has 4 heterocycles. The fraction of sp³-hybridized carbons (Fsp3) is 0.696. The van der Waals surface area contributed by atoms with E-state index in [-0.39, 0.29) is 36.9 Å². The van der Waals surface area contributed by atoms with E-state index < -0.39 is 29.6 Å². The van der Waals surface area contributed by atoms with Crippen LogP contribution in [0.3, 0.4) is 0 Å². The van der Waals surface area contributed by atoms with E-state index in [0.717, 1.165) is 6.42 Å². The molecule has 0 aromatic carbocycles. The lowest BCUT2D eigenvalue weighted by atomic mass is 9.77. The summed E-state index contributed by atoms with van der Waals surface area (Å²) in [4.78, 5) is 46.0. The molecule has 5 atom stereocenters. The topological polar surface area (TPSA) is 90.4 Å². The van der Waals surface area contributed by atoms with Gasteiger partial charge in [0.15, 0.2) is 0 Å². The zero-order valence-electron chi connectivity index (χ0n) is 18.6. The molecular formula is C23H33N3O5. The molecule has 1 spiro atoms. The summed E-state index contributed by atoms with van der Waals surface area (Å²) in [5.74, 6) is -1.87. The Hall–Kier alpha value is -2.19. The van der Waals surface area contributed by atoms with Gasteiger partial charge in [0.1, 0.15) is 11.6 Å². The van der Waals surface area contributed by atoms with Crippen molar-refractivity contribution in [2.45, 2.75) is 57.4 Å². The monoisotopic (exact) mass is 431 g/mol. The minimum Gasteiger partial charge on any atom is -0.396 e. The highest BCUT2D eigenvalue weighted by atomic mass is 16.5. The molecule has 2 saturated heterocycles. The van der Waals surface area contributed by atoms with Gasteiger partial charge < -0.3 is 24.5 Å². The zero-order chi connectivity index (χ0) is 22.3. The Balaban J connectivity index is 1.80. The summed E-state index contributed by atoms with van der Waals surface area (Å²) in [6.45, 7) is 7.66. The van der Waals surface area contributed by atoms with E-state index in [1.807, 2.05) is 45.1 Å². The summed E-state index contributed by atoms with van der Waals surface area (Å²) >= 11 is 0. The van der Waals surface area contributed by atoms with Crippen molar-refractivity contribution >= 4 is 17.7 Å². The first-order valence-electron chi connectivity index (χ1n) is 11.4. The minimum atomic E-state index is -1.17. The maximum absolute atomic E-state index is 13.7. The quantitative estimate of drug-likeness (QED) is 0.621. The summed E-state index contributed by atoms with van der Waals surface area (Å²) in [6.07, 6.45) is 8.24. The molecule has 0 aromatic heterocycles. The standard InChI is InChI=1S/C23H33N3O5/c1-4-10-24-11-5-8-16-17(20(24)28)18-21(29)26(13-7-14-27)19-22(30)25(15(2)3)12-6-9-23(18,19)31-16/h5-6,8-9,15-19,27H,4,7,10-14H2,1-3H3/t16-,17+,18-,19?,23-/m0/s1. The molecule has 0 bridgehead atoms. The first kappa shape index (κ1) is 22.0. The second-order valence-corrected chi connectivity index (χ2v) is 9.15. The molecule has 8 heteroatoms. The number of nitrogens with zero attached hydrogens (tertiary/aromatic N) is 3. The molecular weight excluding hydrogens is 398 g/mol. The summed E-state index contributed by atoms with van der Waals surface area (Å²) < 4.78 is 6.52. The van der Waals surface area contributed by atoms with E-state index in [1.54, 1.807) is 14.7 Å². The Bertz CT molecular complexity index is 809. The van der Waals surface area contributed by atoms with Crippen molar-refractivity contribution < 1.29 is 24.2 Å². The van der Waals surface area contributed by atoms with Crippen LogP contribution < -0.4 is 0 Å². The average Bonchev–Trinajstić information content (AvgIpc) is 3.04. The molecule has 2 fully saturated rings. The molecule has 4 aliphatic rings. The van der Waals surface area contributed by atoms with Crippen LogP contribution in [0, 0.1) is 11.8 Å². The van der Waals surface area contributed by atoms with Crippen LogP contribution in [0.5, 0.6) is 0 Å². The molecule has 170 valence electrons. The fourth-order valence-corrected chi connectivity index (χ4v) is 5.62. The van der Waals surface area contributed by atoms with Gasteiger partial charge in [-0.2, -0.15) is 0 Å². The Morgan fingerprint density at radius 1 is 1.13 bits per heavy atom. The van der Waals surface area contributed by atoms with Crippen LogP contribution >= 0.6 is 0 Å². The van der Waals surface area contributed by atoms with Gasteiger partial charge in [-0.15, -0.1) is 0 Å². The van der Waals surface area contributed by atoms with Gasteiger partial charge in [-0.3, -0.25) is 14.4 Å². The van der Waals surface area contributed by atoms with Crippen LogP contribution in [0.2, 0.25) is 0 Å². The summed E-state index contributed by atoms with van der Waals surface area (Å²) in [5, 5.41) is 9.38. The van der Waals surface area contributed by atoms with Gasteiger partial charge >= 0.3 is 0 Å². The molecule has 4 rings (SSSR count). The number of aliphatic hydroxyl groups excluding tert-OH is 1. The molecule has 4 aliphatic heterocycles. The Morgan fingerprint density at radius 2 is 1.90 bits per heavy atom. The molecule has 1 N–H and O–H groups in total. The van der Waals surface area contributed by atoms with Crippen LogP contribution in [0.25, 0.3) is 0 Å². The average molecular weight is 432 g/mol. The number of hydrogen-bond donors (Lipinski definition) is 1. The lowest BCUT2D eigenvalue weighted by Gasteiger charge is -2.36. The largest absolute Gasteiger partial charge is 0.396 e. The minimum absolute atomic E-state index is 0.0328. The van der Waals surface area contributed by atoms with Gasteiger partial charge in [-0.25, -0.2) is 0 Å². The van der Waals surface area contributed by atoms with Gasteiger partial charge in [0.25, 0.3) is 0 Å². The number of carbonyl (C=O) groups is 3. The van der Waals surface area contributed by atoms with E-state index in [9.17, 15) is 19.5 Å². The van der Waals surface area contributed by atoms with Gasteiger partial charge in [-0.05, 0) is 26.7 Å². The lowest BCUT2D eigenvalue weighted by molar-refractivity contribution is -0.149. The van der Waals surface area contributed by atoms with E-state index in [2.05, 4.69) is 0 Å². The van der Waals surface area contributed by atoms with Crippen LogP contribution in [0.15, 0.2) is 24.3 Å². The van der Waals surface area contributed by atoms with Gasteiger partial charge in [0.2, 0.25) is 17.7 Å².